The fourth-order valence-electron chi connectivity index (χ4n) is 2.55. The largest absolute Gasteiger partial charge is 0.481 e. The van der Waals surface area contributed by atoms with Crippen LogP contribution < -0.4 is 4.72 Å². The first-order valence-electron chi connectivity index (χ1n) is 7.38. The topological polar surface area (TPSA) is 83.5 Å². The summed E-state index contributed by atoms with van der Waals surface area (Å²) >= 11 is 0. The lowest BCUT2D eigenvalue weighted by Crippen LogP contribution is -2.27. The Morgan fingerprint density at radius 2 is 1.36 bits per heavy atom. The molecular formula is C16H25NO4S. The van der Waals surface area contributed by atoms with Gasteiger partial charge in [0.05, 0.1) is 4.90 Å². The van der Waals surface area contributed by atoms with Crippen molar-refractivity contribution in [2.24, 2.45) is 0 Å². The van der Waals surface area contributed by atoms with Crippen LogP contribution in [0.5, 0.6) is 0 Å². The van der Waals surface area contributed by atoms with Crippen LogP contribution in [-0.4, -0.2) is 26.0 Å². The number of hydrogen-bond acceptors (Lipinski definition) is 3. The van der Waals surface area contributed by atoms with Gasteiger partial charge >= 0.3 is 5.97 Å². The number of nitrogens with one attached hydrogen (secondary N) is 1. The Bertz CT molecular complexity index is 649. The predicted molar refractivity (Wildman–Crippen MR) is 86.8 cm³/mol. The van der Waals surface area contributed by atoms with Gasteiger partial charge in [0, 0.05) is 13.0 Å². The SMILES string of the molecule is Cc1c(C)c(C)c(S(=O)(=O)NCCCCC(=O)O)c(C)c1C. The van der Waals surface area contributed by atoms with Crippen LogP contribution in [0.3, 0.4) is 0 Å². The minimum atomic E-state index is -3.58. The highest BCUT2D eigenvalue weighted by Gasteiger charge is 2.23. The summed E-state index contributed by atoms with van der Waals surface area (Å²) in [6.07, 6.45) is 1.03. The quantitative estimate of drug-likeness (QED) is 0.754. The molecule has 5 nitrogen and oxygen atoms in total. The van der Waals surface area contributed by atoms with E-state index in [0.29, 0.717) is 17.7 Å². The first-order chi connectivity index (χ1) is 10.1. The normalized spacial score (nSPS) is 11.7. The number of unbranched alkanes of at least 4 members (excludes halogenated alkanes) is 1. The van der Waals surface area contributed by atoms with Crippen molar-refractivity contribution < 1.29 is 18.3 Å². The lowest BCUT2D eigenvalue weighted by atomic mass is 9.95. The highest BCUT2D eigenvalue weighted by Crippen LogP contribution is 2.29. The van der Waals surface area contributed by atoms with Crippen LogP contribution in [0.25, 0.3) is 0 Å². The van der Waals surface area contributed by atoms with Crippen molar-refractivity contribution >= 4 is 16.0 Å². The number of benzene rings is 1. The van der Waals surface area contributed by atoms with Crippen LogP contribution in [0.1, 0.15) is 47.1 Å². The Labute approximate surface area is 132 Å². The maximum atomic E-state index is 12.6. The Kier molecular flexibility index (Phi) is 6.14. The van der Waals surface area contributed by atoms with Crippen LogP contribution in [0.15, 0.2) is 4.90 Å². The monoisotopic (exact) mass is 327 g/mol. The molecule has 124 valence electrons. The Morgan fingerprint density at radius 3 is 1.82 bits per heavy atom. The zero-order chi connectivity index (χ0) is 17.1. The van der Waals surface area contributed by atoms with E-state index >= 15 is 0 Å². The molecule has 0 bridgehead atoms. The Hall–Kier alpha value is -1.40. The maximum absolute atomic E-state index is 12.6. The molecule has 0 amide bonds. The molecule has 0 saturated heterocycles. The molecule has 2 N–H and O–H groups in total. The third-order valence-corrected chi connectivity index (χ3v) is 6.04. The molecule has 0 aromatic heterocycles. The van der Waals surface area contributed by atoms with Gasteiger partial charge in [-0.05, 0) is 75.3 Å². The molecular weight excluding hydrogens is 302 g/mol. The van der Waals surface area contributed by atoms with Crippen molar-refractivity contribution in [1.82, 2.24) is 4.72 Å². The lowest BCUT2D eigenvalue weighted by molar-refractivity contribution is -0.137. The smallest absolute Gasteiger partial charge is 0.303 e. The summed E-state index contributed by atoms with van der Waals surface area (Å²) in [7, 11) is -3.58. The fraction of sp³-hybridized carbons (Fsp3) is 0.562. The van der Waals surface area contributed by atoms with Crippen molar-refractivity contribution in [3.05, 3.63) is 27.8 Å². The van der Waals surface area contributed by atoms with Gasteiger partial charge in [0.2, 0.25) is 10.0 Å². The number of hydrogen-bond donors (Lipinski definition) is 2. The van der Waals surface area contributed by atoms with Crippen molar-refractivity contribution in [3.8, 4) is 0 Å². The van der Waals surface area contributed by atoms with Gasteiger partial charge < -0.3 is 5.11 Å². The van der Waals surface area contributed by atoms with Gasteiger partial charge in [0.15, 0.2) is 0 Å². The number of carboxylic acid groups (broad SMARTS) is 1. The molecule has 0 heterocycles. The highest BCUT2D eigenvalue weighted by atomic mass is 32.2. The Balaban J connectivity index is 2.97. The molecule has 0 aliphatic rings. The molecule has 6 heteroatoms. The number of carbonyl (C=O) groups is 1. The predicted octanol–water partition coefficient (Wildman–Crippen LogP) is 2.76. The first kappa shape index (κ1) is 18.6. The average Bonchev–Trinajstić information content (AvgIpc) is 2.42. The van der Waals surface area contributed by atoms with E-state index in [9.17, 15) is 13.2 Å². The average molecular weight is 327 g/mol. The maximum Gasteiger partial charge on any atom is 0.303 e. The standard InChI is InChI=1S/C16H25NO4S/c1-10-11(2)13(4)16(14(5)12(10)3)22(20,21)17-9-7-6-8-15(18)19/h17H,6-9H2,1-5H3,(H,18,19). The van der Waals surface area contributed by atoms with E-state index in [1.807, 2.05) is 34.6 Å². The van der Waals surface area contributed by atoms with E-state index in [4.69, 9.17) is 5.11 Å². The number of rotatable bonds is 7. The van der Waals surface area contributed by atoms with Crippen LogP contribution in [0.4, 0.5) is 0 Å². The van der Waals surface area contributed by atoms with E-state index < -0.39 is 16.0 Å². The number of carboxylic acids is 1. The van der Waals surface area contributed by atoms with Gasteiger partial charge in [-0.15, -0.1) is 0 Å². The second-order valence-corrected chi connectivity index (χ2v) is 7.41. The second kappa shape index (κ2) is 7.24. The molecule has 0 spiro atoms. The van der Waals surface area contributed by atoms with Gasteiger partial charge in [-0.3, -0.25) is 4.79 Å². The fourth-order valence-corrected chi connectivity index (χ4v) is 4.22. The van der Waals surface area contributed by atoms with Gasteiger partial charge in [0.1, 0.15) is 0 Å². The van der Waals surface area contributed by atoms with Crippen molar-refractivity contribution in [2.75, 3.05) is 6.54 Å². The summed E-state index contributed by atoms with van der Waals surface area (Å²) in [5, 5.41) is 8.57. The third-order valence-electron chi connectivity index (χ3n) is 4.31. The first-order valence-corrected chi connectivity index (χ1v) is 8.86. The van der Waals surface area contributed by atoms with E-state index in [1.54, 1.807) is 0 Å². The molecule has 0 aliphatic heterocycles. The summed E-state index contributed by atoms with van der Waals surface area (Å²) in [6.45, 7) is 9.77. The molecule has 0 atom stereocenters. The minimum Gasteiger partial charge on any atom is -0.481 e. The van der Waals surface area contributed by atoms with Crippen LogP contribution in [-0.2, 0) is 14.8 Å². The van der Waals surface area contributed by atoms with Gasteiger partial charge in [-0.25, -0.2) is 13.1 Å². The zero-order valence-corrected chi connectivity index (χ0v) is 14.7. The van der Waals surface area contributed by atoms with Gasteiger partial charge in [0.25, 0.3) is 0 Å². The van der Waals surface area contributed by atoms with E-state index in [2.05, 4.69) is 4.72 Å². The summed E-state index contributed by atoms with van der Waals surface area (Å²) in [5.41, 5.74) is 4.66. The van der Waals surface area contributed by atoms with Crippen LogP contribution in [0, 0.1) is 34.6 Å². The minimum absolute atomic E-state index is 0.0581. The number of sulfonamides is 1. The van der Waals surface area contributed by atoms with Crippen LogP contribution in [0.2, 0.25) is 0 Å². The highest BCUT2D eigenvalue weighted by molar-refractivity contribution is 7.89. The molecule has 1 aromatic rings. The second-order valence-electron chi connectivity index (χ2n) is 5.70. The molecule has 0 saturated carbocycles. The van der Waals surface area contributed by atoms with E-state index in [0.717, 1.165) is 27.8 Å². The molecule has 22 heavy (non-hydrogen) atoms. The summed E-state index contributed by atoms with van der Waals surface area (Å²) < 4.78 is 27.7. The summed E-state index contributed by atoms with van der Waals surface area (Å²) in [5.74, 6) is -0.862. The van der Waals surface area contributed by atoms with E-state index in [1.165, 1.54) is 0 Å². The summed E-state index contributed by atoms with van der Waals surface area (Å²) in [6, 6.07) is 0. The van der Waals surface area contributed by atoms with Crippen molar-refractivity contribution in [1.29, 1.82) is 0 Å². The lowest BCUT2D eigenvalue weighted by Gasteiger charge is -2.19. The number of aliphatic carboxylic acids is 1. The van der Waals surface area contributed by atoms with Gasteiger partial charge in [-0.1, -0.05) is 0 Å². The molecule has 1 rings (SSSR count). The molecule has 0 unspecified atom stereocenters. The van der Waals surface area contributed by atoms with Crippen molar-refractivity contribution in [3.63, 3.8) is 0 Å². The molecule has 0 aliphatic carbocycles. The molecule has 0 fully saturated rings. The third kappa shape index (κ3) is 4.08. The Morgan fingerprint density at radius 1 is 0.909 bits per heavy atom. The van der Waals surface area contributed by atoms with Gasteiger partial charge in [-0.2, -0.15) is 0 Å². The van der Waals surface area contributed by atoms with Crippen LogP contribution >= 0.6 is 0 Å². The summed E-state index contributed by atoms with van der Waals surface area (Å²) in [4.78, 5) is 10.8. The van der Waals surface area contributed by atoms with Crippen molar-refractivity contribution in [2.45, 2.75) is 58.8 Å². The molecule has 0 radical (unpaired) electrons. The van der Waals surface area contributed by atoms with E-state index in [-0.39, 0.29) is 13.0 Å². The zero-order valence-electron chi connectivity index (χ0n) is 13.9. The molecule has 1 aromatic carbocycles.